The van der Waals surface area contributed by atoms with Gasteiger partial charge in [-0.15, -0.1) is 5.10 Å². The number of hydrogen-bond donors (Lipinski definition) is 1. The molecule has 6 heteroatoms. The molecule has 3 fully saturated rings. The lowest BCUT2D eigenvalue weighted by molar-refractivity contribution is -0.0825. The maximum atomic E-state index is 10.6. The summed E-state index contributed by atoms with van der Waals surface area (Å²) in [5.41, 5.74) is 0.559. The molecule has 0 amide bonds. The van der Waals surface area contributed by atoms with Crippen LogP contribution < -0.4 is 4.90 Å². The number of ether oxygens (including phenoxy) is 1. The number of hydrogen-bond acceptors (Lipinski definition) is 6. The minimum Gasteiger partial charge on any atom is -0.388 e. The molecule has 0 spiro atoms. The Balaban J connectivity index is 1.28. The van der Waals surface area contributed by atoms with Crippen molar-refractivity contribution in [3.8, 4) is 0 Å². The van der Waals surface area contributed by atoms with Crippen LogP contribution in [0.15, 0.2) is 12.1 Å². The Morgan fingerprint density at radius 3 is 2.61 bits per heavy atom. The third kappa shape index (κ3) is 3.34. The second kappa shape index (κ2) is 6.00. The predicted molar refractivity (Wildman–Crippen MR) is 87.6 cm³/mol. The minimum atomic E-state index is -0.584. The second-order valence-electron chi connectivity index (χ2n) is 7.40. The number of aromatic nitrogens is 2. The predicted octanol–water partition coefficient (Wildman–Crippen LogP) is 1.02. The molecule has 4 rings (SSSR count). The lowest BCUT2D eigenvalue weighted by Gasteiger charge is -2.47. The Bertz CT molecular complexity index is 534. The van der Waals surface area contributed by atoms with Crippen LogP contribution in [-0.2, 0) is 4.74 Å². The summed E-state index contributed by atoms with van der Waals surface area (Å²) in [6, 6.07) is 4.71. The molecule has 3 aliphatic rings. The van der Waals surface area contributed by atoms with E-state index in [2.05, 4.69) is 39.2 Å². The molecule has 1 aromatic heterocycles. The van der Waals surface area contributed by atoms with E-state index in [0.717, 1.165) is 44.0 Å². The van der Waals surface area contributed by atoms with Crippen LogP contribution in [0.1, 0.15) is 37.3 Å². The van der Waals surface area contributed by atoms with Crippen molar-refractivity contribution in [3.05, 3.63) is 17.8 Å². The highest BCUT2D eigenvalue weighted by molar-refractivity contribution is 5.42. The summed E-state index contributed by atoms with van der Waals surface area (Å²) in [6.45, 7) is 3.98. The summed E-state index contributed by atoms with van der Waals surface area (Å²) in [5, 5.41) is 19.4. The first-order valence-electron chi connectivity index (χ1n) is 8.72. The molecule has 23 heavy (non-hydrogen) atoms. The van der Waals surface area contributed by atoms with Gasteiger partial charge >= 0.3 is 0 Å². The van der Waals surface area contributed by atoms with Crippen LogP contribution >= 0.6 is 0 Å². The zero-order valence-corrected chi connectivity index (χ0v) is 13.8. The monoisotopic (exact) mass is 318 g/mol. The molecule has 1 aliphatic carbocycles. The van der Waals surface area contributed by atoms with E-state index in [4.69, 9.17) is 4.74 Å². The fourth-order valence-electron chi connectivity index (χ4n) is 3.52. The average molecular weight is 318 g/mol. The lowest BCUT2D eigenvalue weighted by Crippen LogP contribution is -2.61. The van der Waals surface area contributed by atoms with Gasteiger partial charge in [-0.1, -0.05) is 0 Å². The molecule has 6 nitrogen and oxygen atoms in total. The van der Waals surface area contributed by atoms with Crippen LogP contribution in [0.25, 0.3) is 0 Å². The zero-order chi connectivity index (χ0) is 15.9. The van der Waals surface area contributed by atoms with E-state index in [1.54, 1.807) is 0 Å². The Hall–Kier alpha value is -1.24. The quantitative estimate of drug-likeness (QED) is 0.874. The van der Waals surface area contributed by atoms with Crippen LogP contribution in [0.3, 0.4) is 0 Å². The molecule has 1 N–H and O–H groups in total. The lowest BCUT2D eigenvalue weighted by atomic mass is 9.92. The molecule has 1 saturated carbocycles. The van der Waals surface area contributed by atoms with E-state index in [0.29, 0.717) is 25.2 Å². The summed E-state index contributed by atoms with van der Waals surface area (Å²) in [6.07, 6.45) is 4.00. The second-order valence-corrected chi connectivity index (χ2v) is 7.40. The van der Waals surface area contributed by atoms with Crippen molar-refractivity contribution < 1.29 is 9.84 Å². The topological polar surface area (TPSA) is 61.7 Å². The first-order valence-corrected chi connectivity index (χ1v) is 8.72. The summed E-state index contributed by atoms with van der Waals surface area (Å²) >= 11 is 0. The third-order valence-electron chi connectivity index (χ3n) is 5.44. The number of anilines is 1. The molecule has 126 valence electrons. The molecular formula is C17H26N4O2. The van der Waals surface area contributed by atoms with Crippen LogP contribution in [0.4, 0.5) is 5.82 Å². The standard InChI is InChI=1S/C17H26N4O2/c1-20(12-17(22)6-8-23-9-7-17)14-10-21(11-14)16-5-4-15(18-19-16)13-2-3-13/h4-5,13-14,22H,2-3,6-12H2,1H3. The minimum absolute atomic E-state index is 0.478. The number of aliphatic hydroxyl groups is 1. The summed E-state index contributed by atoms with van der Waals surface area (Å²) in [5.74, 6) is 1.64. The van der Waals surface area contributed by atoms with E-state index >= 15 is 0 Å². The molecule has 2 saturated heterocycles. The molecule has 0 aromatic carbocycles. The van der Waals surface area contributed by atoms with E-state index in [9.17, 15) is 5.11 Å². The maximum absolute atomic E-state index is 10.6. The Morgan fingerprint density at radius 2 is 2.00 bits per heavy atom. The Labute approximate surface area is 137 Å². The molecule has 0 atom stereocenters. The largest absolute Gasteiger partial charge is 0.388 e. The summed E-state index contributed by atoms with van der Waals surface area (Å²) < 4.78 is 5.35. The van der Waals surface area contributed by atoms with Gasteiger partial charge in [-0.2, -0.15) is 5.10 Å². The molecule has 0 bridgehead atoms. The Morgan fingerprint density at radius 1 is 1.26 bits per heavy atom. The van der Waals surface area contributed by atoms with Gasteiger partial charge in [0.05, 0.1) is 11.3 Å². The van der Waals surface area contributed by atoms with Gasteiger partial charge < -0.3 is 14.7 Å². The highest BCUT2D eigenvalue weighted by Crippen LogP contribution is 2.39. The van der Waals surface area contributed by atoms with Crippen molar-refractivity contribution in [3.63, 3.8) is 0 Å². The molecule has 2 aliphatic heterocycles. The molecule has 3 heterocycles. The molecule has 0 radical (unpaired) electrons. The SMILES string of the molecule is CN(CC1(O)CCOCC1)C1CN(c2ccc(C3CC3)nn2)C1. The van der Waals surface area contributed by atoms with E-state index in [-0.39, 0.29) is 0 Å². The van der Waals surface area contributed by atoms with Crippen LogP contribution in [0.2, 0.25) is 0 Å². The van der Waals surface area contributed by atoms with Gasteiger partial charge in [0, 0.05) is 57.6 Å². The molecule has 0 unspecified atom stereocenters. The fourth-order valence-corrected chi connectivity index (χ4v) is 3.52. The first kappa shape index (κ1) is 15.3. The van der Waals surface area contributed by atoms with Crippen LogP contribution in [-0.4, -0.2) is 71.7 Å². The van der Waals surface area contributed by atoms with Gasteiger partial charge in [0.15, 0.2) is 5.82 Å². The van der Waals surface area contributed by atoms with Gasteiger partial charge in [-0.25, -0.2) is 0 Å². The van der Waals surface area contributed by atoms with E-state index in [1.165, 1.54) is 12.8 Å². The zero-order valence-electron chi connectivity index (χ0n) is 13.8. The third-order valence-corrected chi connectivity index (χ3v) is 5.44. The van der Waals surface area contributed by atoms with E-state index in [1.807, 2.05) is 0 Å². The highest BCUT2D eigenvalue weighted by atomic mass is 16.5. The summed E-state index contributed by atoms with van der Waals surface area (Å²) in [7, 11) is 2.11. The van der Waals surface area contributed by atoms with Gasteiger partial charge in [-0.3, -0.25) is 4.90 Å². The van der Waals surface area contributed by atoms with Crippen molar-refractivity contribution in [2.24, 2.45) is 0 Å². The van der Waals surface area contributed by atoms with Crippen molar-refractivity contribution >= 4 is 5.82 Å². The maximum Gasteiger partial charge on any atom is 0.151 e. The average Bonchev–Trinajstić information content (AvgIpc) is 3.31. The molecular weight excluding hydrogens is 292 g/mol. The number of likely N-dealkylation sites (N-methyl/N-ethyl adjacent to an activating group) is 1. The normalized spacial score (nSPS) is 24.7. The van der Waals surface area contributed by atoms with Crippen molar-refractivity contribution in [1.29, 1.82) is 0 Å². The van der Waals surface area contributed by atoms with Gasteiger partial charge in [0.25, 0.3) is 0 Å². The Kier molecular flexibility index (Phi) is 3.99. The van der Waals surface area contributed by atoms with Crippen molar-refractivity contribution in [2.75, 3.05) is 44.8 Å². The van der Waals surface area contributed by atoms with Crippen molar-refractivity contribution in [1.82, 2.24) is 15.1 Å². The molecule has 1 aromatic rings. The van der Waals surface area contributed by atoms with Crippen LogP contribution in [0, 0.1) is 0 Å². The highest BCUT2D eigenvalue weighted by Gasteiger charge is 2.37. The van der Waals surface area contributed by atoms with Crippen LogP contribution in [0.5, 0.6) is 0 Å². The smallest absolute Gasteiger partial charge is 0.151 e. The first-order chi connectivity index (χ1) is 11.1. The number of rotatable bonds is 5. The van der Waals surface area contributed by atoms with Gasteiger partial charge in [0.1, 0.15) is 0 Å². The van der Waals surface area contributed by atoms with Gasteiger partial charge in [-0.05, 0) is 32.0 Å². The van der Waals surface area contributed by atoms with Gasteiger partial charge in [0.2, 0.25) is 0 Å². The summed E-state index contributed by atoms with van der Waals surface area (Å²) in [4.78, 5) is 4.55. The fraction of sp³-hybridized carbons (Fsp3) is 0.765. The number of nitrogens with zero attached hydrogens (tertiary/aromatic N) is 4. The van der Waals surface area contributed by atoms with E-state index < -0.39 is 5.60 Å². The van der Waals surface area contributed by atoms with Crippen molar-refractivity contribution in [2.45, 2.75) is 43.2 Å².